The lowest BCUT2D eigenvalue weighted by Crippen LogP contribution is -2.38. The van der Waals surface area contributed by atoms with Gasteiger partial charge in [-0.3, -0.25) is 9.59 Å². The molecule has 0 bridgehead atoms. The molecule has 1 aromatic heterocycles. The van der Waals surface area contributed by atoms with Crippen LogP contribution in [-0.4, -0.2) is 32.7 Å². The number of aromatic nitrogens is 2. The summed E-state index contributed by atoms with van der Waals surface area (Å²) >= 11 is 6.14. The van der Waals surface area contributed by atoms with Gasteiger partial charge in [-0.25, -0.2) is 13.8 Å². The third kappa shape index (κ3) is 4.58. The second-order valence-corrected chi connectivity index (χ2v) is 7.39. The van der Waals surface area contributed by atoms with Gasteiger partial charge < -0.3 is 19.1 Å². The summed E-state index contributed by atoms with van der Waals surface area (Å²) in [5.41, 5.74) is -1.38. The van der Waals surface area contributed by atoms with E-state index in [9.17, 15) is 23.9 Å². The molecule has 1 atom stereocenters. The van der Waals surface area contributed by atoms with Crippen molar-refractivity contribution < 1.29 is 23.8 Å². The van der Waals surface area contributed by atoms with Crippen LogP contribution in [0.3, 0.4) is 0 Å². The first-order valence-corrected chi connectivity index (χ1v) is 9.85. The third-order valence-electron chi connectivity index (χ3n) is 4.76. The summed E-state index contributed by atoms with van der Waals surface area (Å²) in [5, 5.41) is 9.23. The summed E-state index contributed by atoms with van der Waals surface area (Å²) in [6, 6.07) is 9.54. The summed E-state index contributed by atoms with van der Waals surface area (Å²) in [7, 11) is 1.46. The van der Waals surface area contributed by atoms with Gasteiger partial charge in [0.15, 0.2) is 23.4 Å². The van der Waals surface area contributed by atoms with E-state index < -0.39 is 29.8 Å². The fourth-order valence-corrected chi connectivity index (χ4v) is 3.07. The van der Waals surface area contributed by atoms with Gasteiger partial charge in [0.05, 0.1) is 17.3 Å². The van der Waals surface area contributed by atoms with Crippen molar-refractivity contribution in [1.29, 1.82) is 0 Å². The van der Waals surface area contributed by atoms with Gasteiger partial charge in [-0.05, 0) is 32.0 Å². The van der Waals surface area contributed by atoms with Crippen LogP contribution < -0.4 is 20.7 Å². The minimum Gasteiger partial charge on any atom is -0.476 e. The molecule has 10 heteroatoms. The number of aryl methyl sites for hydroxylation is 1. The fourth-order valence-electron chi connectivity index (χ4n) is 2.88. The topological polar surface area (TPSA) is 99.8 Å². The Balaban J connectivity index is 2.08. The molecule has 1 N–H and O–H groups in total. The predicted molar refractivity (Wildman–Crippen MR) is 116 cm³/mol. The average Bonchev–Trinajstić information content (AvgIpc) is 2.74. The number of ether oxygens (including phenoxy) is 2. The van der Waals surface area contributed by atoms with E-state index in [0.29, 0.717) is 10.3 Å². The van der Waals surface area contributed by atoms with Gasteiger partial charge in [-0.15, -0.1) is 0 Å². The molecule has 0 aliphatic carbocycles. The molecule has 1 heterocycles. The highest BCUT2D eigenvalue weighted by atomic mass is 35.5. The number of hydrogen-bond donors (Lipinski definition) is 1. The molecule has 1 unspecified atom stereocenters. The Labute approximate surface area is 187 Å². The van der Waals surface area contributed by atoms with Crippen LogP contribution in [0.2, 0.25) is 5.02 Å². The van der Waals surface area contributed by atoms with Gasteiger partial charge in [0, 0.05) is 24.9 Å². The highest BCUT2D eigenvalue weighted by Crippen LogP contribution is 2.37. The van der Waals surface area contributed by atoms with Gasteiger partial charge in [0.25, 0.3) is 5.56 Å². The highest BCUT2D eigenvalue weighted by molar-refractivity contribution is 6.32. The van der Waals surface area contributed by atoms with Crippen molar-refractivity contribution in [1.82, 2.24) is 9.13 Å². The maximum atomic E-state index is 14.7. The number of carbonyl (C=O) groups excluding carboxylic acids is 1. The van der Waals surface area contributed by atoms with Crippen LogP contribution in [0.1, 0.15) is 12.6 Å². The van der Waals surface area contributed by atoms with E-state index in [-0.39, 0.29) is 33.7 Å². The number of nitrogens with zero attached hydrogens (tertiary/aromatic N) is 2. The lowest BCUT2D eigenvalue weighted by Gasteiger charge is -2.18. The first kappa shape index (κ1) is 23.2. The quantitative estimate of drug-likeness (QED) is 0.579. The molecule has 0 aliphatic heterocycles. The summed E-state index contributed by atoms with van der Waals surface area (Å²) in [4.78, 5) is 36.6. The molecule has 0 fully saturated rings. The number of aliphatic hydroxyl groups excluding tert-OH is 1. The molecule has 168 valence electrons. The van der Waals surface area contributed by atoms with Crippen LogP contribution in [0.25, 0.3) is 5.69 Å². The molecule has 32 heavy (non-hydrogen) atoms. The molecule has 3 aromatic rings. The molecule has 2 aromatic carbocycles. The van der Waals surface area contributed by atoms with Gasteiger partial charge in [0.1, 0.15) is 11.6 Å². The summed E-state index contributed by atoms with van der Waals surface area (Å²) < 4.78 is 27.9. The van der Waals surface area contributed by atoms with E-state index in [2.05, 4.69) is 0 Å². The van der Waals surface area contributed by atoms with Crippen LogP contribution in [0.15, 0.2) is 52.1 Å². The monoisotopic (exact) mass is 462 g/mol. The van der Waals surface area contributed by atoms with Crippen LogP contribution >= 0.6 is 11.6 Å². The number of para-hydroxylation sites is 2. The second-order valence-electron chi connectivity index (χ2n) is 6.98. The lowest BCUT2D eigenvalue weighted by molar-refractivity contribution is -0.125. The zero-order chi connectivity index (χ0) is 23.6. The van der Waals surface area contributed by atoms with Crippen molar-refractivity contribution in [2.45, 2.75) is 20.0 Å². The number of Topliss-reactive ketones (excluding diaryl/α,β-unsaturated/α-hetero) is 1. The minimum atomic E-state index is -1.10. The molecule has 3 rings (SSSR count). The SMILES string of the molecule is CC(=O)C(CO)Oc1ccccc1Oc1cc(-n2c(=O)cc(C)n(C)c2=O)c(F)cc1Cl. The van der Waals surface area contributed by atoms with Crippen LogP contribution in [0.5, 0.6) is 17.2 Å². The molecule has 8 nitrogen and oxygen atoms in total. The summed E-state index contributed by atoms with van der Waals surface area (Å²) in [6.45, 7) is 2.32. The molecule has 0 saturated heterocycles. The van der Waals surface area contributed by atoms with Crippen molar-refractivity contribution in [3.63, 3.8) is 0 Å². The summed E-state index contributed by atoms with van der Waals surface area (Å²) in [6.07, 6.45) is -1.10. The Morgan fingerprint density at radius 1 is 1.16 bits per heavy atom. The van der Waals surface area contributed by atoms with E-state index >= 15 is 0 Å². The van der Waals surface area contributed by atoms with E-state index in [4.69, 9.17) is 21.1 Å². The van der Waals surface area contributed by atoms with Gasteiger partial charge >= 0.3 is 5.69 Å². The number of hydrogen-bond acceptors (Lipinski definition) is 6. The zero-order valence-electron chi connectivity index (χ0n) is 17.5. The predicted octanol–water partition coefficient (Wildman–Crippen LogP) is 2.76. The standard InChI is InChI=1S/C22H20ClFN2O6/c1-12-8-21(29)26(22(30)25(12)3)16-10-19(14(23)9-15(16)24)31-17-6-4-5-7-18(17)32-20(11-27)13(2)28/h4-10,20,27H,11H2,1-3H3. The Morgan fingerprint density at radius 2 is 1.81 bits per heavy atom. The lowest BCUT2D eigenvalue weighted by atomic mass is 10.2. The number of benzene rings is 2. The first-order chi connectivity index (χ1) is 15.1. The van der Waals surface area contributed by atoms with Crippen molar-refractivity contribution >= 4 is 17.4 Å². The maximum Gasteiger partial charge on any atom is 0.335 e. The van der Waals surface area contributed by atoms with Gasteiger partial charge in [-0.1, -0.05) is 23.7 Å². The van der Waals surface area contributed by atoms with Gasteiger partial charge in [-0.2, -0.15) is 0 Å². The number of rotatable bonds is 7. The molecule has 0 amide bonds. The Hall–Kier alpha value is -3.43. The van der Waals surface area contributed by atoms with E-state index in [1.54, 1.807) is 19.1 Å². The number of carbonyl (C=O) groups is 1. The second kappa shape index (κ2) is 9.37. The summed E-state index contributed by atoms with van der Waals surface area (Å²) in [5.74, 6) is -1.09. The van der Waals surface area contributed by atoms with Crippen LogP contribution in [0.4, 0.5) is 4.39 Å². The van der Waals surface area contributed by atoms with E-state index in [1.165, 1.54) is 36.7 Å². The smallest absolute Gasteiger partial charge is 0.335 e. The minimum absolute atomic E-state index is 0.0583. The molecule has 0 saturated carbocycles. The average molecular weight is 463 g/mol. The van der Waals surface area contributed by atoms with Gasteiger partial charge in [0.2, 0.25) is 0 Å². The fraction of sp³-hybridized carbons (Fsp3) is 0.227. The number of halogens is 2. The third-order valence-corrected chi connectivity index (χ3v) is 5.06. The Bertz CT molecular complexity index is 1300. The molecule has 0 radical (unpaired) electrons. The largest absolute Gasteiger partial charge is 0.476 e. The van der Waals surface area contributed by atoms with Crippen LogP contribution in [0, 0.1) is 12.7 Å². The number of aliphatic hydroxyl groups is 1. The van der Waals surface area contributed by atoms with E-state index in [1.807, 2.05) is 0 Å². The Kier molecular flexibility index (Phi) is 6.81. The maximum absolute atomic E-state index is 14.7. The Morgan fingerprint density at radius 3 is 2.44 bits per heavy atom. The van der Waals surface area contributed by atoms with Crippen molar-refractivity contribution in [3.8, 4) is 22.9 Å². The van der Waals surface area contributed by atoms with Crippen molar-refractivity contribution in [2.75, 3.05) is 6.61 Å². The normalized spacial score (nSPS) is 11.8. The molecular weight excluding hydrogens is 443 g/mol. The van der Waals surface area contributed by atoms with E-state index in [0.717, 1.165) is 12.1 Å². The van der Waals surface area contributed by atoms with Crippen LogP contribution in [-0.2, 0) is 11.8 Å². The first-order valence-electron chi connectivity index (χ1n) is 9.48. The highest BCUT2D eigenvalue weighted by Gasteiger charge is 2.20. The molecule has 0 spiro atoms. The zero-order valence-corrected chi connectivity index (χ0v) is 18.2. The molecular formula is C22H20ClFN2O6. The van der Waals surface area contributed by atoms with Crippen molar-refractivity contribution in [2.24, 2.45) is 7.05 Å². The van der Waals surface area contributed by atoms with Crippen molar-refractivity contribution in [3.05, 3.63) is 79.8 Å². The molecule has 0 aliphatic rings. The number of ketones is 1.